The van der Waals surface area contributed by atoms with Gasteiger partial charge < -0.3 is 0 Å². The van der Waals surface area contributed by atoms with Gasteiger partial charge in [-0.15, -0.1) is 0 Å². The fraction of sp³-hybridized carbons (Fsp3) is 0.143. The lowest BCUT2D eigenvalue weighted by atomic mass is 10.2. The summed E-state index contributed by atoms with van der Waals surface area (Å²) < 4.78 is 50.1. The van der Waals surface area contributed by atoms with Crippen LogP contribution < -0.4 is 9.86 Å². The minimum absolute atomic E-state index is 0.169. The van der Waals surface area contributed by atoms with E-state index in [9.17, 15) is 16.8 Å². The normalized spacial score (nSPS) is 12.3. The molecule has 0 heterocycles. The summed E-state index contributed by atoms with van der Waals surface area (Å²) in [5.41, 5.74) is 0.993. The van der Waals surface area contributed by atoms with Gasteiger partial charge in [-0.3, -0.25) is 0 Å². The molecule has 124 valence electrons. The van der Waals surface area contributed by atoms with Crippen molar-refractivity contribution in [2.75, 3.05) is 6.54 Å². The van der Waals surface area contributed by atoms with Gasteiger partial charge in [0.15, 0.2) is 0 Å². The molecule has 2 aromatic rings. The molecular formula is C14H15BrN2O4S2. The molecule has 2 rings (SSSR count). The van der Waals surface area contributed by atoms with Crippen LogP contribution in [0.4, 0.5) is 0 Å². The maximum atomic E-state index is 12.3. The molecule has 2 aromatic carbocycles. The average Bonchev–Trinajstić information content (AvgIpc) is 2.47. The number of hydrogen-bond donors (Lipinski definition) is 2. The van der Waals surface area contributed by atoms with E-state index in [1.165, 1.54) is 12.1 Å². The number of sulfonamides is 2. The van der Waals surface area contributed by atoms with Crippen molar-refractivity contribution in [1.82, 2.24) is 4.72 Å². The summed E-state index contributed by atoms with van der Waals surface area (Å²) >= 11 is 3.12. The van der Waals surface area contributed by atoms with Crippen molar-refractivity contribution in [3.05, 3.63) is 58.6 Å². The highest BCUT2D eigenvalue weighted by molar-refractivity contribution is 9.10. The molecule has 0 aliphatic rings. The summed E-state index contributed by atoms with van der Waals surface area (Å²) in [6.45, 7) is 0.193. The van der Waals surface area contributed by atoms with Crippen LogP contribution in [0.3, 0.4) is 0 Å². The quantitative estimate of drug-likeness (QED) is 0.742. The monoisotopic (exact) mass is 418 g/mol. The predicted octanol–water partition coefficient (Wildman–Crippen LogP) is 1.62. The topological polar surface area (TPSA) is 106 Å². The Morgan fingerprint density at radius 2 is 1.65 bits per heavy atom. The van der Waals surface area contributed by atoms with Gasteiger partial charge in [0.1, 0.15) is 0 Å². The maximum absolute atomic E-state index is 12.3. The molecule has 0 atom stereocenters. The second kappa shape index (κ2) is 7.10. The van der Waals surface area contributed by atoms with Gasteiger partial charge in [0.05, 0.1) is 9.79 Å². The molecule has 9 heteroatoms. The molecule has 0 saturated heterocycles. The Morgan fingerprint density at radius 3 is 2.26 bits per heavy atom. The van der Waals surface area contributed by atoms with Gasteiger partial charge in [-0.25, -0.2) is 26.7 Å². The minimum Gasteiger partial charge on any atom is -0.225 e. The lowest BCUT2D eigenvalue weighted by Crippen LogP contribution is -2.26. The summed E-state index contributed by atoms with van der Waals surface area (Å²) in [4.78, 5) is -0.429. The molecule has 0 aromatic heterocycles. The number of rotatable bonds is 6. The number of benzene rings is 2. The van der Waals surface area contributed by atoms with Crippen molar-refractivity contribution in [3.63, 3.8) is 0 Å². The van der Waals surface area contributed by atoms with Gasteiger partial charge in [-0.2, -0.15) is 0 Å². The minimum atomic E-state index is -3.98. The zero-order chi connectivity index (χ0) is 17.1. The van der Waals surface area contributed by atoms with Crippen molar-refractivity contribution in [1.29, 1.82) is 0 Å². The molecule has 3 N–H and O–H groups in total. The Bertz CT molecular complexity index is 898. The number of nitrogens with one attached hydrogen (secondary N) is 1. The summed E-state index contributed by atoms with van der Waals surface area (Å²) in [5.74, 6) is 0. The Kier molecular flexibility index (Phi) is 5.58. The third-order valence-electron chi connectivity index (χ3n) is 3.07. The molecule has 23 heavy (non-hydrogen) atoms. The van der Waals surface area contributed by atoms with Crippen LogP contribution >= 0.6 is 15.9 Å². The first-order valence-corrected chi connectivity index (χ1v) is 10.4. The first-order chi connectivity index (χ1) is 10.7. The van der Waals surface area contributed by atoms with Crippen molar-refractivity contribution >= 4 is 36.0 Å². The van der Waals surface area contributed by atoms with Gasteiger partial charge in [-0.1, -0.05) is 30.3 Å². The highest BCUT2D eigenvalue weighted by Crippen LogP contribution is 2.24. The van der Waals surface area contributed by atoms with E-state index in [2.05, 4.69) is 20.7 Å². The standard InChI is InChI=1S/C14H15BrN2O4S2/c15-13-7-6-12(22(16,18)19)10-14(13)23(20,21)17-9-8-11-4-2-1-3-5-11/h1-7,10,17H,8-9H2,(H2,16,18,19). The fourth-order valence-corrected chi connectivity index (χ4v) is 4.55. The second-order valence-corrected chi connectivity index (χ2v) is 8.92. The predicted molar refractivity (Wildman–Crippen MR) is 90.8 cm³/mol. The third kappa shape index (κ3) is 4.85. The van der Waals surface area contributed by atoms with Crippen molar-refractivity contribution in [3.8, 4) is 0 Å². The highest BCUT2D eigenvalue weighted by Gasteiger charge is 2.20. The second-order valence-electron chi connectivity index (χ2n) is 4.77. The van der Waals surface area contributed by atoms with Gasteiger partial charge in [0.25, 0.3) is 0 Å². The largest absolute Gasteiger partial charge is 0.241 e. The molecule has 0 bridgehead atoms. The van der Waals surface area contributed by atoms with Gasteiger partial charge in [-0.05, 0) is 46.1 Å². The van der Waals surface area contributed by atoms with Crippen LogP contribution in [-0.4, -0.2) is 23.4 Å². The van der Waals surface area contributed by atoms with Crippen LogP contribution in [0.25, 0.3) is 0 Å². The van der Waals surface area contributed by atoms with Crippen molar-refractivity contribution < 1.29 is 16.8 Å². The van der Waals surface area contributed by atoms with Gasteiger partial charge >= 0.3 is 0 Å². The van der Waals surface area contributed by atoms with Gasteiger partial charge in [0, 0.05) is 11.0 Å². The van der Waals surface area contributed by atoms with E-state index >= 15 is 0 Å². The molecule has 0 amide bonds. The van der Waals surface area contributed by atoms with Crippen LogP contribution in [0.5, 0.6) is 0 Å². The van der Waals surface area contributed by atoms with Crippen molar-refractivity contribution in [2.45, 2.75) is 16.2 Å². The van der Waals surface area contributed by atoms with E-state index in [4.69, 9.17) is 5.14 Å². The van der Waals surface area contributed by atoms with E-state index in [1.807, 2.05) is 30.3 Å². The molecule has 0 radical (unpaired) electrons. The molecule has 0 aliphatic heterocycles. The first-order valence-electron chi connectivity index (χ1n) is 6.56. The van der Waals surface area contributed by atoms with E-state index in [0.717, 1.165) is 11.6 Å². The smallest absolute Gasteiger partial charge is 0.225 e. The SMILES string of the molecule is NS(=O)(=O)c1ccc(Br)c(S(=O)(=O)NCCc2ccccc2)c1. The average molecular weight is 419 g/mol. The zero-order valence-corrected chi connectivity index (χ0v) is 15.2. The molecule has 6 nitrogen and oxygen atoms in total. The molecule has 0 saturated carbocycles. The number of hydrogen-bond acceptors (Lipinski definition) is 4. The highest BCUT2D eigenvalue weighted by atomic mass is 79.9. The lowest BCUT2D eigenvalue weighted by Gasteiger charge is -2.10. The lowest BCUT2D eigenvalue weighted by molar-refractivity contribution is 0.580. The van der Waals surface area contributed by atoms with Crippen LogP contribution in [0.15, 0.2) is 62.8 Å². The summed E-state index contributed by atoms with van der Waals surface area (Å²) in [7, 11) is -7.84. The molecule has 0 aliphatic carbocycles. The zero-order valence-electron chi connectivity index (χ0n) is 11.9. The maximum Gasteiger partial charge on any atom is 0.241 e. The molecule has 0 fully saturated rings. The molecule has 0 unspecified atom stereocenters. The summed E-state index contributed by atoms with van der Waals surface area (Å²) in [6.07, 6.45) is 0.520. The molecule has 0 spiro atoms. The number of nitrogens with two attached hydrogens (primary N) is 1. The van der Waals surface area contributed by atoms with Crippen LogP contribution in [0, 0.1) is 0 Å². The van der Waals surface area contributed by atoms with Gasteiger partial charge in [0.2, 0.25) is 20.0 Å². The first kappa shape index (κ1) is 18.1. The van der Waals surface area contributed by atoms with Crippen LogP contribution in [0.1, 0.15) is 5.56 Å². The molecular weight excluding hydrogens is 404 g/mol. The summed E-state index contributed by atoms with van der Waals surface area (Å²) in [5, 5.41) is 5.04. The fourth-order valence-electron chi connectivity index (χ4n) is 1.92. The van der Waals surface area contributed by atoms with Crippen LogP contribution in [-0.2, 0) is 26.5 Å². The Labute approximate surface area is 143 Å². The van der Waals surface area contributed by atoms with Crippen molar-refractivity contribution in [2.24, 2.45) is 5.14 Å². The number of halogens is 1. The Balaban J connectivity index is 2.19. The Hall–Kier alpha value is -1.26. The Morgan fingerprint density at radius 1 is 1.00 bits per heavy atom. The van der Waals surface area contributed by atoms with Crippen LogP contribution in [0.2, 0.25) is 0 Å². The van der Waals surface area contributed by atoms with E-state index in [-0.39, 0.29) is 20.8 Å². The van der Waals surface area contributed by atoms with E-state index in [1.54, 1.807) is 0 Å². The number of primary sulfonamides is 1. The van der Waals surface area contributed by atoms with E-state index < -0.39 is 20.0 Å². The van der Waals surface area contributed by atoms with E-state index in [0.29, 0.717) is 6.42 Å². The summed E-state index contributed by atoms with van der Waals surface area (Å²) in [6, 6.07) is 13.0. The third-order valence-corrected chi connectivity index (χ3v) is 6.44.